The summed E-state index contributed by atoms with van der Waals surface area (Å²) < 4.78 is 1.53. The van der Waals surface area contributed by atoms with E-state index in [1.807, 2.05) is 36.4 Å². The molecule has 3 aromatic rings. The summed E-state index contributed by atoms with van der Waals surface area (Å²) >= 11 is 0. The number of nitriles is 1. The lowest BCUT2D eigenvalue weighted by Gasteiger charge is -2.03. The molecule has 0 N–H and O–H groups in total. The largest absolute Gasteiger partial charge is 0.238 e. The van der Waals surface area contributed by atoms with Gasteiger partial charge in [-0.1, -0.05) is 53.7 Å². The number of nitrogens with zero attached hydrogens (tertiary/aromatic N) is 4. The molecule has 0 radical (unpaired) electrons. The molecule has 0 aliphatic carbocycles. The summed E-state index contributed by atoms with van der Waals surface area (Å²) in [5.74, 6) is 0. The van der Waals surface area contributed by atoms with Gasteiger partial charge in [0.15, 0.2) is 0 Å². The van der Waals surface area contributed by atoms with Crippen LogP contribution in [-0.2, 0) is 6.54 Å². The van der Waals surface area contributed by atoms with Gasteiger partial charge >= 0.3 is 0 Å². The van der Waals surface area contributed by atoms with Gasteiger partial charge in [0.25, 0.3) is 0 Å². The molecule has 0 aliphatic rings. The Morgan fingerprint density at radius 1 is 0.950 bits per heavy atom. The van der Waals surface area contributed by atoms with E-state index in [2.05, 4.69) is 34.6 Å². The van der Waals surface area contributed by atoms with E-state index >= 15 is 0 Å². The quantitative estimate of drug-likeness (QED) is 0.727. The zero-order valence-electron chi connectivity index (χ0n) is 10.8. The first-order valence-corrected chi connectivity index (χ1v) is 6.30. The van der Waals surface area contributed by atoms with E-state index in [1.54, 1.807) is 6.20 Å². The molecule has 1 aromatic heterocycles. The molecule has 2 aromatic carbocycles. The van der Waals surface area contributed by atoms with Gasteiger partial charge in [0.2, 0.25) is 0 Å². The lowest BCUT2D eigenvalue weighted by atomic mass is 10.0. The summed E-state index contributed by atoms with van der Waals surface area (Å²) in [6, 6.07) is 20.4. The zero-order valence-corrected chi connectivity index (χ0v) is 10.8. The summed E-state index contributed by atoms with van der Waals surface area (Å²) in [6.45, 7) is 0.214. The molecule has 4 heteroatoms. The van der Waals surface area contributed by atoms with E-state index < -0.39 is 0 Å². The van der Waals surface area contributed by atoms with Crippen LogP contribution in [0.3, 0.4) is 0 Å². The second-order valence-corrected chi connectivity index (χ2v) is 4.41. The van der Waals surface area contributed by atoms with Crippen molar-refractivity contribution in [1.29, 1.82) is 5.26 Å². The van der Waals surface area contributed by atoms with Crippen LogP contribution in [0.5, 0.6) is 0 Å². The van der Waals surface area contributed by atoms with Crippen molar-refractivity contribution in [1.82, 2.24) is 15.0 Å². The topological polar surface area (TPSA) is 54.5 Å². The Hall–Kier alpha value is -2.93. The Morgan fingerprint density at radius 2 is 1.70 bits per heavy atom. The second kappa shape index (κ2) is 5.37. The molecule has 0 saturated heterocycles. The molecule has 0 atom stereocenters. The predicted molar refractivity (Wildman–Crippen MR) is 76.5 cm³/mol. The average molecular weight is 260 g/mol. The minimum atomic E-state index is 0.214. The first-order valence-electron chi connectivity index (χ1n) is 6.30. The fraction of sp³-hybridized carbons (Fsp3) is 0.0625. The minimum Gasteiger partial charge on any atom is -0.238 e. The number of aromatic nitrogens is 3. The smallest absolute Gasteiger partial charge is 0.129 e. The van der Waals surface area contributed by atoms with E-state index in [1.165, 1.54) is 10.2 Å². The molecule has 96 valence electrons. The number of hydrogen-bond donors (Lipinski definition) is 0. The monoisotopic (exact) mass is 260 g/mol. The summed E-state index contributed by atoms with van der Waals surface area (Å²) in [4.78, 5) is 0. The van der Waals surface area contributed by atoms with Gasteiger partial charge in [-0.3, -0.25) is 0 Å². The SMILES string of the molecule is N#CCn1cc(-c2cccc(-c3ccccc3)c2)nn1. The van der Waals surface area contributed by atoms with Gasteiger partial charge in [-0.05, 0) is 17.2 Å². The normalized spacial score (nSPS) is 10.2. The fourth-order valence-electron chi connectivity index (χ4n) is 2.07. The van der Waals surface area contributed by atoms with Gasteiger partial charge in [-0.25, -0.2) is 4.68 Å². The fourth-order valence-corrected chi connectivity index (χ4v) is 2.07. The standard InChI is InChI=1S/C16H12N4/c17-9-10-20-12-16(18-19-20)15-8-4-7-14(11-15)13-5-2-1-3-6-13/h1-8,11-12H,10H2. The molecule has 0 saturated carbocycles. The number of hydrogen-bond acceptors (Lipinski definition) is 3. The highest BCUT2D eigenvalue weighted by molar-refractivity contribution is 5.70. The zero-order chi connectivity index (χ0) is 13.8. The molecule has 3 rings (SSSR count). The second-order valence-electron chi connectivity index (χ2n) is 4.41. The van der Waals surface area contributed by atoms with E-state index in [0.29, 0.717) is 0 Å². The maximum Gasteiger partial charge on any atom is 0.129 e. The summed E-state index contributed by atoms with van der Waals surface area (Å²) in [7, 11) is 0. The first kappa shape index (κ1) is 12.1. The molecule has 20 heavy (non-hydrogen) atoms. The Morgan fingerprint density at radius 3 is 2.50 bits per heavy atom. The van der Waals surface area contributed by atoms with Crippen molar-refractivity contribution in [3.63, 3.8) is 0 Å². The molecule has 1 heterocycles. The van der Waals surface area contributed by atoms with E-state index in [-0.39, 0.29) is 6.54 Å². The molecule has 0 fully saturated rings. The minimum absolute atomic E-state index is 0.214. The van der Waals surface area contributed by atoms with Crippen molar-refractivity contribution in [2.75, 3.05) is 0 Å². The molecule has 0 unspecified atom stereocenters. The van der Waals surface area contributed by atoms with E-state index in [9.17, 15) is 0 Å². The molecule has 0 bridgehead atoms. The van der Waals surface area contributed by atoms with Crippen LogP contribution in [-0.4, -0.2) is 15.0 Å². The molecule has 4 nitrogen and oxygen atoms in total. The lowest BCUT2D eigenvalue weighted by Crippen LogP contribution is -1.94. The molecule has 0 spiro atoms. The van der Waals surface area contributed by atoms with Crippen LogP contribution in [0.25, 0.3) is 22.4 Å². The van der Waals surface area contributed by atoms with Crippen molar-refractivity contribution in [2.24, 2.45) is 0 Å². The van der Waals surface area contributed by atoms with Crippen molar-refractivity contribution < 1.29 is 0 Å². The van der Waals surface area contributed by atoms with Gasteiger partial charge in [-0.15, -0.1) is 5.10 Å². The molecule has 0 aliphatic heterocycles. The summed E-state index contributed by atoms with van der Waals surface area (Å²) in [5, 5.41) is 16.7. The molecular formula is C16H12N4. The first-order chi connectivity index (χ1) is 9.86. The maximum atomic E-state index is 8.65. The van der Waals surface area contributed by atoms with E-state index in [0.717, 1.165) is 16.8 Å². The van der Waals surface area contributed by atoms with Gasteiger partial charge in [-0.2, -0.15) is 5.26 Å². The lowest BCUT2D eigenvalue weighted by molar-refractivity contribution is 0.668. The van der Waals surface area contributed by atoms with Crippen molar-refractivity contribution in [3.05, 3.63) is 60.8 Å². The summed E-state index contributed by atoms with van der Waals surface area (Å²) in [6.07, 6.45) is 1.79. The van der Waals surface area contributed by atoms with Crippen molar-refractivity contribution in [3.8, 4) is 28.5 Å². The van der Waals surface area contributed by atoms with Crippen LogP contribution >= 0.6 is 0 Å². The third-order valence-corrected chi connectivity index (χ3v) is 3.04. The predicted octanol–water partition coefficient (Wildman–Crippen LogP) is 3.14. The number of benzene rings is 2. The summed E-state index contributed by atoms with van der Waals surface area (Å²) in [5.41, 5.74) is 4.07. The third-order valence-electron chi connectivity index (χ3n) is 3.04. The Labute approximate surface area is 116 Å². The van der Waals surface area contributed by atoms with Crippen LogP contribution in [0, 0.1) is 11.3 Å². The van der Waals surface area contributed by atoms with Gasteiger partial charge in [0.1, 0.15) is 12.2 Å². The Kier molecular flexibility index (Phi) is 3.25. The third kappa shape index (κ3) is 2.43. The highest BCUT2D eigenvalue weighted by Gasteiger charge is 2.05. The van der Waals surface area contributed by atoms with Crippen LogP contribution in [0.4, 0.5) is 0 Å². The highest BCUT2D eigenvalue weighted by atomic mass is 15.4. The Balaban J connectivity index is 1.97. The van der Waals surface area contributed by atoms with Crippen LogP contribution < -0.4 is 0 Å². The van der Waals surface area contributed by atoms with Crippen LogP contribution in [0.2, 0.25) is 0 Å². The van der Waals surface area contributed by atoms with E-state index in [4.69, 9.17) is 5.26 Å². The molecular weight excluding hydrogens is 248 g/mol. The average Bonchev–Trinajstić information content (AvgIpc) is 2.97. The van der Waals surface area contributed by atoms with Gasteiger partial charge in [0.05, 0.1) is 12.3 Å². The Bertz CT molecular complexity index is 753. The van der Waals surface area contributed by atoms with Gasteiger partial charge in [0, 0.05) is 5.56 Å². The maximum absolute atomic E-state index is 8.65. The van der Waals surface area contributed by atoms with Crippen LogP contribution in [0.1, 0.15) is 0 Å². The van der Waals surface area contributed by atoms with Crippen LogP contribution in [0.15, 0.2) is 60.8 Å². The highest BCUT2D eigenvalue weighted by Crippen LogP contribution is 2.24. The van der Waals surface area contributed by atoms with Crippen molar-refractivity contribution in [2.45, 2.75) is 6.54 Å². The number of rotatable bonds is 3. The van der Waals surface area contributed by atoms with Crippen molar-refractivity contribution >= 4 is 0 Å². The van der Waals surface area contributed by atoms with Gasteiger partial charge < -0.3 is 0 Å². The molecule has 0 amide bonds.